The highest BCUT2D eigenvalue weighted by Gasteiger charge is 2.22. The highest BCUT2D eigenvalue weighted by Crippen LogP contribution is 2.22. The summed E-state index contributed by atoms with van der Waals surface area (Å²) in [6, 6.07) is 20.3. The van der Waals surface area contributed by atoms with Gasteiger partial charge in [0.25, 0.3) is 15.9 Å². The number of rotatable bonds is 8. The Kier molecular flexibility index (Phi) is 6.91. The van der Waals surface area contributed by atoms with Crippen LogP contribution in [0.25, 0.3) is 0 Å². The molecule has 10 nitrogen and oxygen atoms in total. The summed E-state index contributed by atoms with van der Waals surface area (Å²) in [7, 11) is -5.64. The molecule has 12 heteroatoms. The van der Waals surface area contributed by atoms with Crippen molar-refractivity contribution >= 4 is 37.5 Å². The average molecular weight is 527 g/mol. The molecule has 0 atom stereocenters. The van der Waals surface area contributed by atoms with E-state index in [9.17, 15) is 21.6 Å². The van der Waals surface area contributed by atoms with Crippen molar-refractivity contribution in [1.29, 1.82) is 0 Å². The maximum absolute atomic E-state index is 12.9. The fraction of sp³-hybridized carbons (Fsp3) is 0.125. The van der Waals surface area contributed by atoms with Crippen molar-refractivity contribution in [3.8, 4) is 0 Å². The first-order valence-corrected chi connectivity index (χ1v) is 13.9. The molecule has 0 bridgehead atoms. The first-order chi connectivity index (χ1) is 17.0. The Balaban J connectivity index is 1.41. The number of sulfonamides is 1. The van der Waals surface area contributed by atoms with Crippen LogP contribution >= 0.6 is 0 Å². The quantitative estimate of drug-likeness (QED) is 0.369. The lowest BCUT2D eigenvalue weighted by Gasteiger charge is -2.19. The van der Waals surface area contributed by atoms with Gasteiger partial charge in [-0.05, 0) is 54.1 Å². The Hall–Kier alpha value is -4.03. The summed E-state index contributed by atoms with van der Waals surface area (Å²) in [6.45, 7) is 0. The van der Waals surface area contributed by atoms with Gasteiger partial charge in [-0.1, -0.05) is 35.4 Å². The monoisotopic (exact) mass is 526 g/mol. The normalized spacial score (nSPS) is 11.7. The third kappa shape index (κ3) is 5.61. The number of hydrogen-bond acceptors (Lipinski definition) is 8. The van der Waals surface area contributed by atoms with Crippen LogP contribution in [0.2, 0.25) is 0 Å². The summed E-state index contributed by atoms with van der Waals surface area (Å²) >= 11 is 0. The van der Waals surface area contributed by atoms with Crippen molar-refractivity contribution in [3.05, 3.63) is 95.9 Å². The molecule has 3 aromatic carbocycles. The number of benzene rings is 3. The lowest BCUT2D eigenvalue weighted by Crippen LogP contribution is -2.26. The summed E-state index contributed by atoms with van der Waals surface area (Å²) in [5.74, 6) is -0.328. The molecule has 0 saturated carbocycles. The van der Waals surface area contributed by atoms with Crippen molar-refractivity contribution in [2.45, 2.75) is 16.2 Å². The van der Waals surface area contributed by atoms with E-state index < -0.39 is 25.8 Å². The van der Waals surface area contributed by atoms with E-state index in [1.165, 1.54) is 43.4 Å². The van der Waals surface area contributed by atoms with E-state index in [2.05, 4.69) is 15.5 Å². The molecule has 4 aromatic rings. The number of carbonyl (C=O) groups is 1. The van der Waals surface area contributed by atoms with Crippen molar-refractivity contribution in [2.75, 3.05) is 22.9 Å². The number of carbonyl (C=O) groups excluding carboxylic acids is 1. The van der Waals surface area contributed by atoms with Crippen molar-refractivity contribution in [1.82, 2.24) is 10.2 Å². The van der Waals surface area contributed by atoms with Gasteiger partial charge < -0.3 is 4.42 Å². The van der Waals surface area contributed by atoms with E-state index in [1.807, 2.05) is 0 Å². The SMILES string of the molecule is CN(c1ccccc1)S(=O)(=O)c1ccc(C(=O)Nc2nnc(Cc3ccc(S(C)(=O)=O)cc3)o2)cc1. The molecule has 36 heavy (non-hydrogen) atoms. The van der Waals surface area contributed by atoms with Crippen LogP contribution in [0.15, 0.2) is 93.1 Å². The third-order valence-corrected chi connectivity index (χ3v) is 8.22. The molecule has 186 valence electrons. The van der Waals surface area contributed by atoms with E-state index >= 15 is 0 Å². The molecule has 0 aliphatic heterocycles. The third-order valence-electron chi connectivity index (χ3n) is 5.29. The number of nitrogens with one attached hydrogen (secondary N) is 1. The number of amides is 1. The van der Waals surface area contributed by atoms with E-state index in [0.29, 0.717) is 5.69 Å². The second-order valence-electron chi connectivity index (χ2n) is 7.88. The number of anilines is 2. The molecule has 1 heterocycles. The van der Waals surface area contributed by atoms with Gasteiger partial charge in [-0.25, -0.2) is 16.8 Å². The Morgan fingerprint density at radius 2 is 1.47 bits per heavy atom. The topological polar surface area (TPSA) is 140 Å². The van der Waals surface area contributed by atoms with Crippen molar-refractivity contribution in [2.24, 2.45) is 0 Å². The number of nitrogens with zero attached hydrogens (tertiary/aromatic N) is 3. The Labute approximate surface area is 208 Å². The molecule has 0 aliphatic rings. The molecule has 1 aromatic heterocycles. The van der Waals surface area contributed by atoms with Crippen molar-refractivity contribution in [3.63, 3.8) is 0 Å². The van der Waals surface area contributed by atoms with Crippen LogP contribution in [0, 0.1) is 0 Å². The van der Waals surface area contributed by atoms with Gasteiger partial charge in [0.2, 0.25) is 5.89 Å². The Morgan fingerprint density at radius 1 is 0.861 bits per heavy atom. The number of aromatic nitrogens is 2. The van der Waals surface area contributed by atoms with E-state index in [0.717, 1.165) is 16.1 Å². The lowest BCUT2D eigenvalue weighted by molar-refractivity contribution is 0.102. The van der Waals surface area contributed by atoms with Gasteiger partial charge >= 0.3 is 6.01 Å². The fourth-order valence-electron chi connectivity index (χ4n) is 3.29. The predicted molar refractivity (Wildman–Crippen MR) is 133 cm³/mol. The van der Waals surface area contributed by atoms with Gasteiger partial charge in [-0.3, -0.25) is 14.4 Å². The van der Waals surface area contributed by atoms with Gasteiger partial charge in [-0.2, -0.15) is 0 Å². The van der Waals surface area contributed by atoms with Gasteiger partial charge in [0.1, 0.15) is 0 Å². The minimum Gasteiger partial charge on any atom is -0.407 e. The summed E-state index contributed by atoms with van der Waals surface area (Å²) < 4.78 is 55.5. The van der Waals surface area contributed by atoms with E-state index in [1.54, 1.807) is 42.5 Å². The minimum atomic E-state index is -3.80. The second-order valence-corrected chi connectivity index (χ2v) is 11.9. The molecule has 1 N–H and O–H groups in total. The fourth-order valence-corrected chi connectivity index (χ4v) is 5.11. The summed E-state index contributed by atoms with van der Waals surface area (Å²) in [6.07, 6.45) is 1.37. The largest absolute Gasteiger partial charge is 0.407 e. The zero-order valence-corrected chi connectivity index (χ0v) is 21.0. The maximum atomic E-state index is 12.9. The Morgan fingerprint density at radius 3 is 2.08 bits per heavy atom. The number of para-hydroxylation sites is 1. The Bertz CT molecular complexity index is 1580. The van der Waals surface area contributed by atoms with Gasteiger partial charge in [0.05, 0.1) is 21.9 Å². The van der Waals surface area contributed by atoms with Crippen LogP contribution in [0.1, 0.15) is 21.8 Å². The molecule has 0 saturated heterocycles. The predicted octanol–water partition coefficient (Wildman–Crippen LogP) is 3.14. The first-order valence-electron chi connectivity index (χ1n) is 10.6. The average Bonchev–Trinajstić information content (AvgIpc) is 3.30. The first kappa shape index (κ1) is 25.1. The molecule has 0 aliphatic carbocycles. The molecule has 0 unspecified atom stereocenters. The second kappa shape index (κ2) is 9.91. The zero-order chi connectivity index (χ0) is 25.9. The van der Waals surface area contributed by atoms with Crippen LogP contribution < -0.4 is 9.62 Å². The van der Waals surface area contributed by atoms with Gasteiger partial charge in [0, 0.05) is 18.9 Å². The number of sulfone groups is 1. The van der Waals surface area contributed by atoms with Gasteiger partial charge in [-0.15, -0.1) is 5.10 Å². The molecular weight excluding hydrogens is 504 g/mol. The van der Waals surface area contributed by atoms with E-state index in [-0.39, 0.29) is 33.7 Å². The molecule has 0 fully saturated rings. The van der Waals surface area contributed by atoms with Crippen LogP contribution in [-0.2, 0) is 26.3 Å². The summed E-state index contributed by atoms with van der Waals surface area (Å²) in [5, 5.41) is 10.2. The van der Waals surface area contributed by atoms with Crippen LogP contribution in [0.4, 0.5) is 11.7 Å². The molecule has 0 radical (unpaired) electrons. The smallest absolute Gasteiger partial charge is 0.322 e. The highest BCUT2D eigenvalue weighted by molar-refractivity contribution is 7.92. The van der Waals surface area contributed by atoms with Crippen LogP contribution in [0.5, 0.6) is 0 Å². The van der Waals surface area contributed by atoms with E-state index in [4.69, 9.17) is 4.42 Å². The summed E-state index contributed by atoms with van der Waals surface area (Å²) in [4.78, 5) is 12.8. The zero-order valence-electron chi connectivity index (χ0n) is 19.3. The number of hydrogen-bond donors (Lipinski definition) is 1. The van der Waals surface area contributed by atoms with Crippen molar-refractivity contribution < 1.29 is 26.0 Å². The van der Waals surface area contributed by atoms with Crippen LogP contribution in [0.3, 0.4) is 0 Å². The highest BCUT2D eigenvalue weighted by atomic mass is 32.2. The van der Waals surface area contributed by atoms with Crippen LogP contribution in [-0.4, -0.2) is 46.2 Å². The molecule has 1 amide bonds. The standard InChI is InChI=1S/C24H22N4O6S2/c1-28(19-6-4-3-5-7-19)36(32,33)21-14-10-18(11-15-21)23(29)25-24-27-26-22(34-24)16-17-8-12-20(13-9-17)35(2,30)31/h3-15H,16H2,1-2H3,(H,25,27,29). The maximum Gasteiger partial charge on any atom is 0.322 e. The summed E-state index contributed by atoms with van der Waals surface area (Å²) in [5.41, 5.74) is 1.46. The van der Waals surface area contributed by atoms with Gasteiger partial charge in [0.15, 0.2) is 9.84 Å². The lowest BCUT2D eigenvalue weighted by atomic mass is 10.1. The molecular formula is C24H22N4O6S2. The molecule has 0 spiro atoms. The molecule has 4 rings (SSSR count). The minimum absolute atomic E-state index is 0.0346.